The standard InChI is InChI=1S/C24H21NO3/c1-15(2)17-5-9-19(10-6-17)28-20-11-7-18(8-12-20)25-23(26)21-13-4-16(3)14-22(21)24(25)27/h4-15H,1-3H3. The summed E-state index contributed by atoms with van der Waals surface area (Å²) < 4.78 is 5.87. The molecule has 140 valence electrons. The molecular weight excluding hydrogens is 350 g/mol. The van der Waals surface area contributed by atoms with Crippen LogP contribution in [0.3, 0.4) is 0 Å². The van der Waals surface area contributed by atoms with Gasteiger partial charge in [-0.25, -0.2) is 4.90 Å². The molecule has 0 atom stereocenters. The molecule has 0 saturated carbocycles. The predicted octanol–water partition coefficient (Wildman–Crippen LogP) is 5.71. The lowest BCUT2D eigenvalue weighted by atomic mass is 10.0. The van der Waals surface area contributed by atoms with Crippen LogP contribution < -0.4 is 9.64 Å². The van der Waals surface area contributed by atoms with E-state index in [2.05, 4.69) is 26.0 Å². The maximum atomic E-state index is 12.7. The van der Waals surface area contributed by atoms with Gasteiger partial charge in [-0.15, -0.1) is 0 Å². The summed E-state index contributed by atoms with van der Waals surface area (Å²) in [5.41, 5.74) is 3.64. The lowest BCUT2D eigenvalue weighted by Gasteiger charge is -2.14. The summed E-state index contributed by atoms with van der Waals surface area (Å²) in [6.07, 6.45) is 0. The van der Waals surface area contributed by atoms with Gasteiger partial charge in [0.1, 0.15) is 11.5 Å². The monoisotopic (exact) mass is 371 g/mol. The molecule has 0 unspecified atom stereocenters. The average molecular weight is 371 g/mol. The van der Waals surface area contributed by atoms with Crippen molar-refractivity contribution in [2.24, 2.45) is 0 Å². The maximum Gasteiger partial charge on any atom is 0.266 e. The number of nitrogens with zero attached hydrogens (tertiary/aromatic N) is 1. The molecule has 0 aliphatic carbocycles. The van der Waals surface area contributed by atoms with E-state index in [9.17, 15) is 9.59 Å². The Morgan fingerprint density at radius 1 is 0.750 bits per heavy atom. The molecule has 4 nitrogen and oxygen atoms in total. The van der Waals surface area contributed by atoms with Crippen molar-refractivity contribution in [2.45, 2.75) is 26.7 Å². The van der Waals surface area contributed by atoms with Gasteiger partial charge in [-0.2, -0.15) is 0 Å². The van der Waals surface area contributed by atoms with E-state index in [1.165, 1.54) is 10.5 Å². The zero-order chi connectivity index (χ0) is 19.8. The number of benzene rings is 3. The van der Waals surface area contributed by atoms with E-state index in [1.54, 1.807) is 36.4 Å². The smallest absolute Gasteiger partial charge is 0.266 e. The van der Waals surface area contributed by atoms with Crippen molar-refractivity contribution in [1.29, 1.82) is 0 Å². The molecule has 3 aromatic rings. The Morgan fingerprint density at radius 2 is 1.32 bits per heavy atom. The molecule has 1 aliphatic heterocycles. The molecule has 2 amide bonds. The van der Waals surface area contributed by atoms with Gasteiger partial charge in [-0.1, -0.05) is 37.6 Å². The van der Waals surface area contributed by atoms with Crippen molar-refractivity contribution in [2.75, 3.05) is 4.90 Å². The van der Waals surface area contributed by atoms with Gasteiger partial charge < -0.3 is 4.74 Å². The minimum atomic E-state index is -0.294. The lowest BCUT2D eigenvalue weighted by molar-refractivity contribution is 0.0926. The van der Waals surface area contributed by atoms with Crippen molar-refractivity contribution < 1.29 is 14.3 Å². The van der Waals surface area contributed by atoms with Gasteiger partial charge >= 0.3 is 0 Å². The minimum Gasteiger partial charge on any atom is -0.457 e. The first kappa shape index (κ1) is 18.0. The molecule has 1 aliphatic rings. The maximum absolute atomic E-state index is 12.7. The Bertz CT molecular complexity index is 1050. The second kappa shape index (κ2) is 6.97. The van der Waals surface area contributed by atoms with E-state index in [4.69, 9.17) is 4.74 Å². The van der Waals surface area contributed by atoms with Gasteiger partial charge in [0.25, 0.3) is 11.8 Å². The van der Waals surface area contributed by atoms with Crippen molar-refractivity contribution in [3.05, 3.63) is 89.0 Å². The molecule has 3 aromatic carbocycles. The van der Waals surface area contributed by atoms with Gasteiger partial charge in [0.2, 0.25) is 0 Å². The summed E-state index contributed by atoms with van der Waals surface area (Å²) in [7, 11) is 0. The van der Waals surface area contributed by atoms with Crippen molar-refractivity contribution in [3.8, 4) is 11.5 Å². The summed E-state index contributed by atoms with van der Waals surface area (Å²) in [5, 5.41) is 0. The summed E-state index contributed by atoms with van der Waals surface area (Å²) in [5.74, 6) is 1.28. The van der Waals surface area contributed by atoms with Crippen LogP contribution >= 0.6 is 0 Å². The highest BCUT2D eigenvalue weighted by atomic mass is 16.5. The highest BCUT2D eigenvalue weighted by molar-refractivity contribution is 6.34. The Balaban J connectivity index is 1.54. The van der Waals surface area contributed by atoms with Crippen LogP contribution in [-0.4, -0.2) is 11.8 Å². The Morgan fingerprint density at radius 3 is 1.93 bits per heavy atom. The van der Waals surface area contributed by atoms with Crippen LogP contribution in [0.25, 0.3) is 0 Å². The highest BCUT2D eigenvalue weighted by Crippen LogP contribution is 2.31. The average Bonchev–Trinajstić information content (AvgIpc) is 2.93. The molecule has 28 heavy (non-hydrogen) atoms. The molecule has 0 saturated heterocycles. The number of amides is 2. The van der Waals surface area contributed by atoms with Crippen LogP contribution in [-0.2, 0) is 0 Å². The predicted molar refractivity (Wildman–Crippen MR) is 109 cm³/mol. The molecular formula is C24H21NO3. The minimum absolute atomic E-state index is 0.290. The third-order valence-corrected chi connectivity index (χ3v) is 4.92. The van der Waals surface area contributed by atoms with E-state index < -0.39 is 0 Å². The topological polar surface area (TPSA) is 46.6 Å². The number of carbonyl (C=O) groups excluding carboxylic acids is 2. The number of aryl methyl sites for hydroxylation is 1. The largest absolute Gasteiger partial charge is 0.457 e. The van der Waals surface area contributed by atoms with E-state index >= 15 is 0 Å². The molecule has 0 bridgehead atoms. The third kappa shape index (κ3) is 3.18. The number of anilines is 1. The number of fused-ring (bicyclic) bond motifs is 1. The molecule has 4 rings (SSSR count). The quantitative estimate of drug-likeness (QED) is 0.552. The van der Waals surface area contributed by atoms with E-state index in [0.717, 1.165) is 11.3 Å². The fraction of sp³-hybridized carbons (Fsp3) is 0.167. The molecule has 0 N–H and O–H groups in total. The Hall–Kier alpha value is -3.40. The van der Waals surface area contributed by atoms with Gasteiger partial charge in [-0.3, -0.25) is 9.59 Å². The summed E-state index contributed by atoms with van der Waals surface area (Å²) in [4.78, 5) is 26.6. The van der Waals surface area contributed by atoms with E-state index in [1.807, 2.05) is 25.1 Å². The van der Waals surface area contributed by atoms with Crippen molar-refractivity contribution in [1.82, 2.24) is 0 Å². The Kier molecular flexibility index (Phi) is 4.47. The van der Waals surface area contributed by atoms with Crippen LogP contribution in [0.4, 0.5) is 5.69 Å². The third-order valence-electron chi connectivity index (χ3n) is 4.92. The fourth-order valence-corrected chi connectivity index (χ4v) is 3.31. The van der Waals surface area contributed by atoms with Gasteiger partial charge in [0.05, 0.1) is 16.8 Å². The van der Waals surface area contributed by atoms with Gasteiger partial charge in [-0.05, 0) is 66.9 Å². The zero-order valence-corrected chi connectivity index (χ0v) is 16.1. The van der Waals surface area contributed by atoms with Crippen molar-refractivity contribution >= 4 is 17.5 Å². The molecule has 0 fully saturated rings. The van der Waals surface area contributed by atoms with E-state index in [0.29, 0.717) is 28.5 Å². The second-order valence-corrected chi connectivity index (χ2v) is 7.31. The highest BCUT2D eigenvalue weighted by Gasteiger charge is 2.36. The number of hydrogen-bond donors (Lipinski definition) is 0. The normalized spacial score (nSPS) is 13.2. The van der Waals surface area contributed by atoms with Crippen LogP contribution in [0.5, 0.6) is 11.5 Å². The second-order valence-electron chi connectivity index (χ2n) is 7.31. The summed E-state index contributed by atoms with van der Waals surface area (Å²) >= 11 is 0. The lowest BCUT2D eigenvalue weighted by Crippen LogP contribution is -2.29. The molecule has 0 spiro atoms. The molecule has 1 heterocycles. The number of hydrogen-bond acceptors (Lipinski definition) is 3. The van der Waals surface area contributed by atoms with Crippen LogP contribution in [0.1, 0.15) is 51.6 Å². The first-order chi connectivity index (χ1) is 13.4. The van der Waals surface area contributed by atoms with Gasteiger partial charge in [0.15, 0.2) is 0 Å². The van der Waals surface area contributed by atoms with E-state index in [-0.39, 0.29) is 11.8 Å². The molecule has 4 heteroatoms. The van der Waals surface area contributed by atoms with Gasteiger partial charge in [0, 0.05) is 0 Å². The summed E-state index contributed by atoms with van der Waals surface area (Å²) in [6, 6.07) is 20.3. The molecule has 0 aromatic heterocycles. The van der Waals surface area contributed by atoms with Crippen LogP contribution in [0, 0.1) is 6.92 Å². The van der Waals surface area contributed by atoms with Crippen LogP contribution in [0.15, 0.2) is 66.7 Å². The fourth-order valence-electron chi connectivity index (χ4n) is 3.31. The number of carbonyl (C=O) groups is 2. The number of imide groups is 1. The molecule has 0 radical (unpaired) electrons. The first-order valence-electron chi connectivity index (χ1n) is 9.31. The Labute approximate surface area is 164 Å². The summed E-state index contributed by atoms with van der Waals surface area (Å²) in [6.45, 7) is 6.20. The number of rotatable bonds is 4. The first-order valence-corrected chi connectivity index (χ1v) is 9.31. The zero-order valence-electron chi connectivity index (χ0n) is 16.1. The van der Waals surface area contributed by atoms with Crippen LogP contribution in [0.2, 0.25) is 0 Å². The number of ether oxygens (including phenoxy) is 1. The SMILES string of the molecule is Cc1ccc2c(c1)C(=O)N(c1ccc(Oc3ccc(C(C)C)cc3)cc1)C2=O. The van der Waals surface area contributed by atoms with Crippen molar-refractivity contribution in [3.63, 3.8) is 0 Å².